The summed E-state index contributed by atoms with van der Waals surface area (Å²) in [6.07, 6.45) is 2.80. The average molecular weight is 380 g/mol. The van der Waals surface area contributed by atoms with Gasteiger partial charge in [0.05, 0.1) is 11.8 Å². The molecule has 2 atom stereocenters. The van der Waals surface area contributed by atoms with Crippen LogP contribution in [0.5, 0.6) is 0 Å². The van der Waals surface area contributed by atoms with E-state index in [9.17, 15) is 13.2 Å². The maximum Gasteiger partial charge on any atom is 0.224 e. The lowest BCUT2D eigenvalue weighted by molar-refractivity contribution is -0.133. The number of carbonyl (C=O) groups excluding carboxylic acids is 1. The largest absolute Gasteiger partial charge is 0.330 e. The molecule has 7 heteroatoms. The van der Waals surface area contributed by atoms with Crippen LogP contribution in [0.4, 0.5) is 0 Å². The zero-order chi connectivity index (χ0) is 16.7. The molecule has 2 aliphatic heterocycles. The van der Waals surface area contributed by atoms with Gasteiger partial charge in [-0.05, 0) is 34.9 Å². The van der Waals surface area contributed by atoms with E-state index in [1.807, 2.05) is 16.3 Å². The maximum absolute atomic E-state index is 12.9. The fourth-order valence-corrected chi connectivity index (χ4v) is 6.60. The molecule has 0 bridgehead atoms. The van der Waals surface area contributed by atoms with Gasteiger partial charge in [0.25, 0.3) is 0 Å². The highest BCUT2D eigenvalue weighted by Gasteiger charge is 2.35. The van der Waals surface area contributed by atoms with Crippen LogP contribution in [0.2, 0.25) is 0 Å². The molecule has 24 heavy (non-hydrogen) atoms. The first kappa shape index (κ1) is 16.1. The Bertz CT molecular complexity index is 880. The van der Waals surface area contributed by atoms with Gasteiger partial charge in [0.1, 0.15) is 0 Å². The molecular weight excluding hydrogens is 362 g/mol. The molecule has 0 spiro atoms. The van der Waals surface area contributed by atoms with E-state index in [0.29, 0.717) is 6.54 Å². The first-order chi connectivity index (χ1) is 11.5. The van der Waals surface area contributed by atoms with Crippen molar-refractivity contribution < 1.29 is 13.2 Å². The Labute approximate surface area is 149 Å². The number of thiophene rings is 2. The third-order valence-corrected chi connectivity index (χ3v) is 7.93. The average Bonchev–Trinajstić information content (AvgIpc) is 3.26. The van der Waals surface area contributed by atoms with Gasteiger partial charge in [0, 0.05) is 34.0 Å². The molecule has 0 saturated heterocycles. The van der Waals surface area contributed by atoms with Gasteiger partial charge in [-0.1, -0.05) is 12.1 Å². The van der Waals surface area contributed by atoms with E-state index < -0.39 is 9.84 Å². The number of hydrogen-bond acceptors (Lipinski definition) is 5. The fourth-order valence-electron chi connectivity index (χ4n) is 3.45. The summed E-state index contributed by atoms with van der Waals surface area (Å²) >= 11 is 3.41. The van der Waals surface area contributed by atoms with E-state index in [1.165, 1.54) is 15.8 Å². The number of amides is 1. The minimum atomic E-state index is -3.12. The van der Waals surface area contributed by atoms with Gasteiger partial charge in [0.2, 0.25) is 5.91 Å². The van der Waals surface area contributed by atoms with Crippen molar-refractivity contribution in [2.75, 3.05) is 12.3 Å². The van der Waals surface area contributed by atoms with Crippen LogP contribution < -0.4 is 0 Å². The van der Waals surface area contributed by atoms with Gasteiger partial charge in [-0.3, -0.25) is 4.79 Å². The Morgan fingerprint density at radius 3 is 2.83 bits per heavy atom. The molecular formula is C17H17NO3S3. The third-order valence-electron chi connectivity index (χ3n) is 4.54. The summed E-state index contributed by atoms with van der Waals surface area (Å²) < 4.78 is 23.1. The molecule has 2 aromatic heterocycles. The summed E-state index contributed by atoms with van der Waals surface area (Å²) in [5.41, 5.74) is 1.22. The lowest BCUT2D eigenvalue weighted by Gasteiger charge is -2.36. The SMILES string of the molecule is O=C(CC1C=CS(=O)(=O)C1)N1CCc2sccc2C1c1cccs1. The van der Waals surface area contributed by atoms with Gasteiger partial charge >= 0.3 is 0 Å². The van der Waals surface area contributed by atoms with Crippen molar-refractivity contribution >= 4 is 38.4 Å². The van der Waals surface area contributed by atoms with Crippen LogP contribution in [-0.2, 0) is 21.1 Å². The van der Waals surface area contributed by atoms with Crippen molar-refractivity contribution in [3.8, 4) is 0 Å². The number of hydrogen-bond donors (Lipinski definition) is 0. The number of carbonyl (C=O) groups is 1. The Kier molecular flexibility index (Phi) is 4.10. The molecule has 0 radical (unpaired) electrons. The number of nitrogens with zero attached hydrogens (tertiary/aromatic N) is 1. The third kappa shape index (κ3) is 2.96. The van der Waals surface area contributed by atoms with Gasteiger partial charge in [0.15, 0.2) is 9.84 Å². The summed E-state index contributed by atoms with van der Waals surface area (Å²) in [7, 11) is -3.12. The Balaban J connectivity index is 1.60. The molecule has 0 aliphatic carbocycles. The van der Waals surface area contributed by atoms with E-state index >= 15 is 0 Å². The van der Waals surface area contributed by atoms with Crippen molar-refractivity contribution in [3.05, 3.63) is 55.8 Å². The van der Waals surface area contributed by atoms with Crippen LogP contribution in [-0.4, -0.2) is 31.5 Å². The topological polar surface area (TPSA) is 54.5 Å². The molecule has 2 unspecified atom stereocenters. The van der Waals surface area contributed by atoms with Gasteiger partial charge < -0.3 is 4.90 Å². The molecule has 4 rings (SSSR count). The van der Waals surface area contributed by atoms with Crippen molar-refractivity contribution in [1.29, 1.82) is 0 Å². The second-order valence-electron chi connectivity index (χ2n) is 6.18. The van der Waals surface area contributed by atoms with E-state index in [-0.39, 0.29) is 30.0 Å². The number of sulfone groups is 1. The molecule has 4 nitrogen and oxygen atoms in total. The zero-order valence-electron chi connectivity index (χ0n) is 12.9. The Hall–Kier alpha value is -1.44. The number of rotatable bonds is 3. The predicted molar refractivity (Wildman–Crippen MR) is 96.9 cm³/mol. The highest BCUT2D eigenvalue weighted by Crippen LogP contribution is 2.40. The maximum atomic E-state index is 12.9. The smallest absolute Gasteiger partial charge is 0.224 e. The molecule has 2 aliphatic rings. The minimum Gasteiger partial charge on any atom is -0.330 e. The standard InChI is InChI=1S/C17H17NO3S3/c19-16(10-12-5-9-24(20,21)11-12)18-6-3-14-13(4-8-23-14)17(18)15-2-1-7-22-15/h1-2,4-5,7-9,12,17H,3,6,10-11H2. The summed E-state index contributed by atoms with van der Waals surface area (Å²) in [6.45, 7) is 0.693. The van der Waals surface area contributed by atoms with Gasteiger partial charge in [-0.2, -0.15) is 0 Å². The molecule has 0 N–H and O–H groups in total. The molecule has 126 valence electrons. The molecule has 0 aromatic carbocycles. The van der Waals surface area contributed by atoms with Crippen LogP contribution in [0.15, 0.2) is 40.4 Å². The quantitative estimate of drug-likeness (QED) is 0.823. The molecule has 2 aromatic rings. The summed E-state index contributed by atoms with van der Waals surface area (Å²) in [5, 5.41) is 5.37. The van der Waals surface area contributed by atoms with Crippen molar-refractivity contribution in [3.63, 3.8) is 0 Å². The van der Waals surface area contributed by atoms with Gasteiger partial charge in [-0.25, -0.2) is 8.42 Å². The molecule has 0 fully saturated rings. The van der Waals surface area contributed by atoms with E-state index in [2.05, 4.69) is 17.5 Å². The zero-order valence-corrected chi connectivity index (χ0v) is 15.4. The van der Waals surface area contributed by atoms with Crippen molar-refractivity contribution in [2.24, 2.45) is 5.92 Å². The highest BCUT2D eigenvalue weighted by atomic mass is 32.2. The monoisotopic (exact) mass is 379 g/mol. The van der Waals surface area contributed by atoms with E-state index in [4.69, 9.17) is 0 Å². The Morgan fingerprint density at radius 2 is 2.12 bits per heavy atom. The normalized spacial score (nSPS) is 24.9. The second-order valence-corrected chi connectivity index (χ2v) is 10.1. The van der Waals surface area contributed by atoms with Gasteiger partial charge in [-0.15, -0.1) is 22.7 Å². The van der Waals surface area contributed by atoms with Crippen molar-refractivity contribution in [1.82, 2.24) is 4.90 Å². The van der Waals surface area contributed by atoms with Crippen LogP contribution in [0.3, 0.4) is 0 Å². The Morgan fingerprint density at radius 1 is 1.25 bits per heavy atom. The van der Waals surface area contributed by atoms with Crippen LogP contribution >= 0.6 is 22.7 Å². The molecule has 1 amide bonds. The number of allylic oxidation sites excluding steroid dienone is 1. The van der Waals surface area contributed by atoms with Crippen LogP contribution in [0, 0.1) is 5.92 Å². The highest BCUT2D eigenvalue weighted by molar-refractivity contribution is 7.94. The van der Waals surface area contributed by atoms with Crippen molar-refractivity contribution in [2.45, 2.75) is 18.9 Å². The van der Waals surface area contributed by atoms with Crippen LogP contribution in [0.25, 0.3) is 0 Å². The van der Waals surface area contributed by atoms with Crippen LogP contribution in [0.1, 0.15) is 27.8 Å². The second kappa shape index (κ2) is 6.13. The predicted octanol–water partition coefficient (Wildman–Crippen LogP) is 3.23. The fraction of sp³-hybridized carbons (Fsp3) is 0.353. The molecule has 0 saturated carbocycles. The lowest BCUT2D eigenvalue weighted by Crippen LogP contribution is -2.40. The summed E-state index contributed by atoms with van der Waals surface area (Å²) in [6, 6.07) is 6.16. The van der Waals surface area contributed by atoms with E-state index in [0.717, 1.165) is 11.3 Å². The first-order valence-corrected chi connectivity index (χ1v) is 11.3. The summed E-state index contributed by atoms with van der Waals surface area (Å²) in [4.78, 5) is 17.3. The van der Waals surface area contributed by atoms with E-state index in [1.54, 1.807) is 28.7 Å². The molecule has 4 heterocycles. The number of fused-ring (bicyclic) bond motifs is 1. The summed E-state index contributed by atoms with van der Waals surface area (Å²) in [5.74, 6) is -0.104. The minimum absolute atomic E-state index is 0.0329. The lowest BCUT2D eigenvalue weighted by atomic mass is 9.97. The first-order valence-electron chi connectivity index (χ1n) is 7.83.